The summed E-state index contributed by atoms with van der Waals surface area (Å²) in [6, 6.07) is 6.06. The molecule has 9 heteroatoms. The first kappa shape index (κ1) is 20.1. The number of rotatable bonds is 6. The lowest BCUT2D eigenvalue weighted by Crippen LogP contribution is -2.46. The van der Waals surface area contributed by atoms with E-state index in [0.29, 0.717) is 25.8 Å². The third-order valence-corrected chi connectivity index (χ3v) is 6.26. The van der Waals surface area contributed by atoms with E-state index in [9.17, 15) is 4.79 Å². The molecule has 2 aliphatic rings. The van der Waals surface area contributed by atoms with Crippen LogP contribution in [0.15, 0.2) is 29.2 Å². The molecule has 5 rings (SSSR count). The molecule has 0 bridgehead atoms. The first-order valence-electron chi connectivity index (χ1n) is 11.1. The minimum absolute atomic E-state index is 0.0377. The number of anilines is 1. The highest BCUT2D eigenvalue weighted by molar-refractivity contribution is 5.48. The lowest BCUT2D eigenvalue weighted by molar-refractivity contribution is 0.107. The highest BCUT2D eigenvalue weighted by atomic mass is 16.5. The fourth-order valence-electron chi connectivity index (χ4n) is 4.61. The van der Waals surface area contributed by atoms with Crippen LogP contribution >= 0.6 is 0 Å². The molecule has 1 saturated heterocycles. The zero-order valence-corrected chi connectivity index (χ0v) is 18.0. The van der Waals surface area contributed by atoms with Gasteiger partial charge in [0.25, 0.3) is 5.56 Å². The maximum Gasteiger partial charge on any atom is 0.267 e. The Kier molecular flexibility index (Phi) is 5.69. The average molecular weight is 424 g/mol. The van der Waals surface area contributed by atoms with Crippen molar-refractivity contribution in [3.8, 4) is 0 Å². The van der Waals surface area contributed by atoms with Crippen LogP contribution in [0.4, 0.5) is 5.82 Å². The van der Waals surface area contributed by atoms with Gasteiger partial charge >= 0.3 is 0 Å². The molecular formula is C22H29N7O2. The van der Waals surface area contributed by atoms with Crippen LogP contribution in [-0.2, 0) is 24.3 Å². The SMILES string of the molecule is Cc1cc(NCC2CCCCN2CCn2nc3c(cc2=O)COCC3)n2nccc2n1. The highest BCUT2D eigenvalue weighted by Crippen LogP contribution is 2.19. The van der Waals surface area contributed by atoms with Gasteiger partial charge in [0.2, 0.25) is 0 Å². The molecule has 0 aromatic carbocycles. The van der Waals surface area contributed by atoms with Crippen molar-refractivity contribution in [3.05, 3.63) is 51.7 Å². The molecule has 3 aromatic rings. The van der Waals surface area contributed by atoms with E-state index in [-0.39, 0.29) is 5.56 Å². The summed E-state index contributed by atoms with van der Waals surface area (Å²) < 4.78 is 8.91. The molecule has 1 N–H and O–H groups in total. The number of aryl methyl sites for hydroxylation is 1. The number of ether oxygens (including phenoxy) is 1. The Morgan fingerprint density at radius 2 is 2.19 bits per heavy atom. The number of piperidine rings is 1. The van der Waals surface area contributed by atoms with Gasteiger partial charge in [0.05, 0.1) is 31.6 Å². The third-order valence-electron chi connectivity index (χ3n) is 6.26. The van der Waals surface area contributed by atoms with Crippen molar-refractivity contribution in [1.29, 1.82) is 0 Å². The summed E-state index contributed by atoms with van der Waals surface area (Å²) in [5, 5.41) is 12.6. The normalized spacial score (nSPS) is 19.5. The second-order valence-electron chi connectivity index (χ2n) is 8.43. The predicted octanol–water partition coefficient (Wildman–Crippen LogP) is 1.63. The first-order chi connectivity index (χ1) is 15.2. The molecule has 1 fully saturated rings. The van der Waals surface area contributed by atoms with Crippen molar-refractivity contribution >= 4 is 11.5 Å². The van der Waals surface area contributed by atoms with Gasteiger partial charge in [-0.3, -0.25) is 9.69 Å². The lowest BCUT2D eigenvalue weighted by Gasteiger charge is -2.36. The van der Waals surface area contributed by atoms with Gasteiger partial charge in [-0.25, -0.2) is 9.67 Å². The smallest absolute Gasteiger partial charge is 0.267 e. The van der Waals surface area contributed by atoms with Gasteiger partial charge in [-0.05, 0) is 26.3 Å². The van der Waals surface area contributed by atoms with E-state index in [1.54, 1.807) is 16.9 Å². The van der Waals surface area contributed by atoms with Crippen molar-refractivity contribution in [3.63, 3.8) is 0 Å². The van der Waals surface area contributed by atoms with E-state index in [1.807, 2.05) is 23.6 Å². The molecule has 0 radical (unpaired) electrons. The third kappa shape index (κ3) is 4.33. The Balaban J connectivity index is 1.26. The molecule has 0 aliphatic carbocycles. The van der Waals surface area contributed by atoms with E-state index in [2.05, 4.69) is 25.4 Å². The van der Waals surface area contributed by atoms with Crippen LogP contribution in [0, 0.1) is 6.92 Å². The van der Waals surface area contributed by atoms with Gasteiger partial charge in [0.1, 0.15) is 5.82 Å². The van der Waals surface area contributed by atoms with Crippen molar-refractivity contribution in [2.75, 3.05) is 31.6 Å². The fourth-order valence-corrected chi connectivity index (χ4v) is 4.61. The Morgan fingerprint density at radius 3 is 3.13 bits per heavy atom. The monoisotopic (exact) mass is 423 g/mol. The van der Waals surface area contributed by atoms with Crippen molar-refractivity contribution in [2.24, 2.45) is 0 Å². The van der Waals surface area contributed by atoms with E-state index >= 15 is 0 Å². The molecule has 9 nitrogen and oxygen atoms in total. The van der Waals surface area contributed by atoms with Crippen LogP contribution in [0.25, 0.3) is 5.65 Å². The largest absolute Gasteiger partial charge is 0.376 e. The predicted molar refractivity (Wildman–Crippen MR) is 117 cm³/mol. The second kappa shape index (κ2) is 8.76. The van der Waals surface area contributed by atoms with Crippen LogP contribution in [0.2, 0.25) is 0 Å². The molecular weight excluding hydrogens is 394 g/mol. The lowest BCUT2D eigenvalue weighted by atomic mass is 10.0. The Hall–Kier alpha value is -2.78. The van der Waals surface area contributed by atoms with E-state index in [4.69, 9.17) is 4.74 Å². The maximum absolute atomic E-state index is 12.5. The zero-order chi connectivity index (χ0) is 21.2. The molecule has 1 unspecified atom stereocenters. The topological polar surface area (TPSA) is 89.6 Å². The molecule has 2 aliphatic heterocycles. The maximum atomic E-state index is 12.5. The molecule has 0 saturated carbocycles. The minimum Gasteiger partial charge on any atom is -0.376 e. The zero-order valence-electron chi connectivity index (χ0n) is 18.0. The summed E-state index contributed by atoms with van der Waals surface area (Å²) in [6.45, 7) is 6.49. The van der Waals surface area contributed by atoms with Crippen molar-refractivity contribution in [2.45, 2.75) is 51.8 Å². The van der Waals surface area contributed by atoms with Crippen LogP contribution in [-0.4, -0.2) is 61.6 Å². The van der Waals surface area contributed by atoms with Crippen LogP contribution in [0.3, 0.4) is 0 Å². The fraction of sp³-hybridized carbons (Fsp3) is 0.545. The van der Waals surface area contributed by atoms with Gasteiger partial charge in [0, 0.05) is 55.0 Å². The van der Waals surface area contributed by atoms with Crippen LogP contribution in [0.5, 0.6) is 0 Å². The second-order valence-corrected chi connectivity index (χ2v) is 8.43. The van der Waals surface area contributed by atoms with Crippen molar-refractivity contribution < 1.29 is 4.74 Å². The van der Waals surface area contributed by atoms with E-state index in [0.717, 1.165) is 60.9 Å². The number of hydrogen-bond donors (Lipinski definition) is 1. The minimum atomic E-state index is -0.0377. The van der Waals surface area contributed by atoms with Crippen LogP contribution < -0.4 is 10.9 Å². The molecule has 0 amide bonds. The number of nitrogens with one attached hydrogen (secondary N) is 1. The van der Waals surface area contributed by atoms with Gasteiger partial charge in [0.15, 0.2) is 5.65 Å². The molecule has 3 aromatic heterocycles. The van der Waals surface area contributed by atoms with Gasteiger partial charge in [-0.2, -0.15) is 14.7 Å². The molecule has 31 heavy (non-hydrogen) atoms. The summed E-state index contributed by atoms with van der Waals surface area (Å²) in [4.78, 5) is 19.5. The Bertz CT molecular complexity index is 1120. The number of likely N-dealkylation sites (tertiary alicyclic amines) is 1. The summed E-state index contributed by atoms with van der Waals surface area (Å²) in [5.41, 5.74) is 3.72. The van der Waals surface area contributed by atoms with Gasteiger partial charge in [-0.1, -0.05) is 6.42 Å². The Labute approximate surface area is 181 Å². The molecule has 5 heterocycles. The van der Waals surface area contributed by atoms with Gasteiger partial charge in [-0.15, -0.1) is 0 Å². The summed E-state index contributed by atoms with van der Waals surface area (Å²) in [5.74, 6) is 0.966. The van der Waals surface area contributed by atoms with Crippen LogP contribution in [0.1, 0.15) is 36.2 Å². The number of nitrogens with zero attached hydrogens (tertiary/aromatic N) is 6. The number of aromatic nitrogens is 5. The Morgan fingerprint density at radius 1 is 1.26 bits per heavy atom. The quantitative estimate of drug-likeness (QED) is 0.645. The molecule has 1 atom stereocenters. The summed E-state index contributed by atoms with van der Waals surface area (Å²) >= 11 is 0. The number of fused-ring (bicyclic) bond motifs is 2. The van der Waals surface area contributed by atoms with Gasteiger partial charge < -0.3 is 10.1 Å². The average Bonchev–Trinajstić information content (AvgIpc) is 3.25. The standard InChI is InChI=1S/C22H29N7O2/c1-16-12-21(29-20(25-16)5-7-24-29)23-14-18-4-2-3-8-27(18)9-10-28-22(30)13-17-15-31-11-6-19(17)26-28/h5,7,12-13,18,23H,2-4,6,8-11,14-15H2,1H3. The summed E-state index contributed by atoms with van der Waals surface area (Å²) in [7, 11) is 0. The number of hydrogen-bond acceptors (Lipinski definition) is 7. The molecule has 0 spiro atoms. The first-order valence-corrected chi connectivity index (χ1v) is 11.1. The van der Waals surface area contributed by atoms with E-state index in [1.165, 1.54) is 12.8 Å². The molecule has 164 valence electrons. The summed E-state index contributed by atoms with van der Waals surface area (Å²) in [6.07, 6.45) is 6.11. The highest BCUT2D eigenvalue weighted by Gasteiger charge is 2.23. The van der Waals surface area contributed by atoms with Crippen molar-refractivity contribution in [1.82, 2.24) is 29.3 Å². The van der Waals surface area contributed by atoms with E-state index < -0.39 is 0 Å².